The summed E-state index contributed by atoms with van der Waals surface area (Å²) in [6, 6.07) is 8.67. The van der Waals surface area contributed by atoms with Gasteiger partial charge in [-0.3, -0.25) is 0 Å². The van der Waals surface area contributed by atoms with E-state index in [-0.39, 0.29) is 12.4 Å². The van der Waals surface area contributed by atoms with Crippen molar-refractivity contribution >= 4 is 33.1 Å². The van der Waals surface area contributed by atoms with Crippen molar-refractivity contribution in [2.45, 2.75) is 20.5 Å². The molecule has 0 radical (unpaired) electrons. The highest BCUT2D eigenvalue weighted by atomic mass is 79.9. The predicted octanol–water partition coefficient (Wildman–Crippen LogP) is 4.42. The van der Waals surface area contributed by atoms with Gasteiger partial charge in [0.25, 0.3) is 0 Å². The van der Waals surface area contributed by atoms with E-state index in [9.17, 15) is 4.39 Å². The van der Waals surface area contributed by atoms with E-state index in [1.165, 1.54) is 6.07 Å². The van der Waals surface area contributed by atoms with E-state index in [0.717, 1.165) is 28.0 Å². The maximum absolute atomic E-state index is 13.5. The quantitative estimate of drug-likeness (QED) is 0.812. The number of nitrogens with two attached hydrogens (primary N) is 1. The van der Waals surface area contributed by atoms with E-state index < -0.39 is 0 Å². The zero-order chi connectivity index (χ0) is 15.6. The molecule has 5 heteroatoms. The molecule has 0 spiro atoms. The van der Waals surface area contributed by atoms with Crippen LogP contribution >= 0.6 is 28.1 Å². The Labute approximate surface area is 137 Å². The third kappa shape index (κ3) is 3.60. The Bertz CT molecular complexity index is 680. The first-order valence-corrected chi connectivity index (χ1v) is 7.57. The number of ether oxygens (including phenoxy) is 1. The van der Waals surface area contributed by atoms with Gasteiger partial charge in [0.15, 0.2) is 0 Å². The summed E-state index contributed by atoms with van der Waals surface area (Å²) < 4.78 is 19.7. The molecule has 110 valence electrons. The van der Waals surface area contributed by atoms with E-state index in [1.54, 1.807) is 6.07 Å². The Morgan fingerprint density at radius 3 is 2.48 bits per heavy atom. The number of halogens is 2. The van der Waals surface area contributed by atoms with Crippen molar-refractivity contribution in [1.29, 1.82) is 0 Å². The summed E-state index contributed by atoms with van der Waals surface area (Å²) in [7, 11) is 0. The van der Waals surface area contributed by atoms with Crippen LogP contribution in [0, 0.1) is 19.7 Å². The van der Waals surface area contributed by atoms with Gasteiger partial charge in [-0.2, -0.15) is 0 Å². The van der Waals surface area contributed by atoms with E-state index in [4.69, 9.17) is 22.7 Å². The second-order valence-electron chi connectivity index (χ2n) is 4.81. The van der Waals surface area contributed by atoms with Crippen LogP contribution in [0.5, 0.6) is 5.75 Å². The molecule has 0 saturated carbocycles. The van der Waals surface area contributed by atoms with Gasteiger partial charge in [-0.15, -0.1) is 0 Å². The highest BCUT2D eigenvalue weighted by Gasteiger charge is 2.10. The lowest BCUT2D eigenvalue weighted by atomic mass is 10.1. The Balaban J connectivity index is 2.24. The van der Waals surface area contributed by atoms with Crippen molar-refractivity contribution in [1.82, 2.24) is 0 Å². The average molecular weight is 368 g/mol. The first-order chi connectivity index (χ1) is 9.90. The van der Waals surface area contributed by atoms with Crippen LogP contribution in [-0.4, -0.2) is 4.99 Å². The topological polar surface area (TPSA) is 35.2 Å². The third-order valence-electron chi connectivity index (χ3n) is 3.15. The summed E-state index contributed by atoms with van der Waals surface area (Å²) in [4.78, 5) is 0.362. The standard InChI is InChI=1S/C16H15BrFNOS/c1-9-6-12(16(19)21)7-10(2)15(9)20-8-11-4-3-5-13(18)14(11)17/h3-7H,8H2,1-2H3,(H2,19,21). The molecule has 2 nitrogen and oxygen atoms in total. The molecule has 0 saturated heterocycles. The summed E-state index contributed by atoms with van der Waals surface area (Å²) in [5.41, 5.74) is 9.12. The maximum Gasteiger partial charge on any atom is 0.137 e. The SMILES string of the molecule is Cc1cc(C(N)=S)cc(C)c1OCc1cccc(F)c1Br. The van der Waals surface area contributed by atoms with E-state index in [2.05, 4.69) is 15.9 Å². The van der Waals surface area contributed by atoms with Crippen LogP contribution in [0.15, 0.2) is 34.8 Å². The molecule has 2 N–H and O–H groups in total. The van der Waals surface area contributed by atoms with Gasteiger partial charge in [0.2, 0.25) is 0 Å². The molecule has 0 atom stereocenters. The number of hydrogen-bond donors (Lipinski definition) is 1. The van der Waals surface area contributed by atoms with Gasteiger partial charge in [-0.25, -0.2) is 4.39 Å². The van der Waals surface area contributed by atoms with Crippen molar-refractivity contribution in [2.24, 2.45) is 5.73 Å². The van der Waals surface area contributed by atoms with Gasteiger partial charge in [-0.05, 0) is 59.1 Å². The van der Waals surface area contributed by atoms with Gasteiger partial charge in [-0.1, -0.05) is 24.4 Å². The molecule has 0 aliphatic heterocycles. The van der Waals surface area contributed by atoms with Crippen LogP contribution in [0.3, 0.4) is 0 Å². The number of aryl methyl sites for hydroxylation is 2. The molecule has 0 aliphatic carbocycles. The second kappa shape index (κ2) is 6.54. The fraction of sp³-hybridized carbons (Fsp3) is 0.188. The number of thiocarbonyl (C=S) groups is 1. The molecule has 0 heterocycles. The van der Waals surface area contributed by atoms with Crippen molar-refractivity contribution in [2.75, 3.05) is 0 Å². The van der Waals surface area contributed by atoms with Crippen LogP contribution in [0.4, 0.5) is 4.39 Å². The second-order valence-corrected chi connectivity index (χ2v) is 6.04. The summed E-state index contributed by atoms with van der Waals surface area (Å²) in [6.45, 7) is 4.15. The third-order valence-corrected chi connectivity index (χ3v) is 4.27. The Kier molecular flexibility index (Phi) is 4.96. The number of hydrogen-bond acceptors (Lipinski definition) is 2. The van der Waals surface area contributed by atoms with Crippen molar-refractivity contribution in [3.63, 3.8) is 0 Å². The monoisotopic (exact) mass is 367 g/mol. The van der Waals surface area contributed by atoms with Gasteiger partial charge in [0, 0.05) is 11.1 Å². The molecule has 0 aliphatic rings. The zero-order valence-electron chi connectivity index (χ0n) is 11.7. The highest BCUT2D eigenvalue weighted by Crippen LogP contribution is 2.27. The van der Waals surface area contributed by atoms with Crippen LogP contribution in [0.2, 0.25) is 0 Å². The van der Waals surface area contributed by atoms with Crippen LogP contribution in [-0.2, 0) is 6.61 Å². The van der Waals surface area contributed by atoms with Crippen LogP contribution in [0.1, 0.15) is 22.3 Å². The van der Waals surface area contributed by atoms with Crippen LogP contribution in [0.25, 0.3) is 0 Å². The van der Waals surface area contributed by atoms with E-state index in [1.807, 2.05) is 32.0 Å². The molecule has 0 aromatic heterocycles. The predicted molar refractivity (Wildman–Crippen MR) is 90.2 cm³/mol. The number of rotatable bonds is 4. The van der Waals surface area contributed by atoms with Crippen molar-refractivity contribution in [3.05, 3.63) is 62.9 Å². The number of benzene rings is 2. The summed E-state index contributed by atoms with van der Waals surface area (Å²) in [5, 5.41) is 0. The molecule has 0 bridgehead atoms. The first kappa shape index (κ1) is 15.9. The molecular formula is C16H15BrFNOS. The average Bonchev–Trinajstić information content (AvgIpc) is 2.42. The molecule has 2 aromatic carbocycles. The Morgan fingerprint density at radius 1 is 1.29 bits per heavy atom. The van der Waals surface area contributed by atoms with Crippen LogP contribution < -0.4 is 10.5 Å². The van der Waals surface area contributed by atoms with Crippen molar-refractivity contribution < 1.29 is 9.13 Å². The lowest BCUT2D eigenvalue weighted by Gasteiger charge is -2.14. The smallest absolute Gasteiger partial charge is 0.137 e. The minimum absolute atomic E-state index is 0.284. The molecule has 21 heavy (non-hydrogen) atoms. The minimum atomic E-state index is -0.298. The summed E-state index contributed by atoms with van der Waals surface area (Å²) in [5.74, 6) is 0.472. The molecule has 0 fully saturated rings. The summed E-state index contributed by atoms with van der Waals surface area (Å²) >= 11 is 8.22. The fourth-order valence-electron chi connectivity index (χ4n) is 2.13. The van der Waals surface area contributed by atoms with E-state index >= 15 is 0 Å². The van der Waals surface area contributed by atoms with Crippen molar-refractivity contribution in [3.8, 4) is 5.75 Å². The normalized spacial score (nSPS) is 10.5. The fourth-order valence-corrected chi connectivity index (χ4v) is 2.63. The molecule has 0 unspecified atom stereocenters. The maximum atomic E-state index is 13.5. The lowest BCUT2D eigenvalue weighted by molar-refractivity contribution is 0.300. The highest BCUT2D eigenvalue weighted by molar-refractivity contribution is 9.10. The molecule has 0 amide bonds. The van der Waals surface area contributed by atoms with Gasteiger partial charge < -0.3 is 10.5 Å². The minimum Gasteiger partial charge on any atom is -0.488 e. The molecular weight excluding hydrogens is 353 g/mol. The first-order valence-electron chi connectivity index (χ1n) is 6.37. The summed E-state index contributed by atoms with van der Waals surface area (Å²) in [6.07, 6.45) is 0. The van der Waals surface area contributed by atoms with Gasteiger partial charge in [0.1, 0.15) is 23.2 Å². The molecule has 2 rings (SSSR count). The van der Waals surface area contributed by atoms with E-state index in [0.29, 0.717) is 9.46 Å². The zero-order valence-corrected chi connectivity index (χ0v) is 14.1. The lowest BCUT2D eigenvalue weighted by Crippen LogP contribution is -2.10. The van der Waals surface area contributed by atoms with Gasteiger partial charge in [0.05, 0.1) is 4.47 Å². The molecule has 2 aromatic rings. The Morgan fingerprint density at radius 2 is 1.90 bits per heavy atom. The van der Waals surface area contributed by atoms with Gasteiger partial charge >= 0.3 is 0 Å². The largest absolute Gasteiger partial charge is 0.488 e. The Hall–Kier alpha value is -1.46.